The number of carbonyl (C=O) groups is 2. The smallest absolute Gasteiger partial charge is 0.320 e. The van der Waals surface area contributed by atoms with Gasteiger partial charge in [-0.1, -0.05) is 6.92 Å². The van der Waals surface area contributed by atoms with Crippen LogP contribution in [0.15, 0.2) is 16.8 Å². The minimum atomic E-state index is -0.816. The van der Waals surface area contributed by atoms with E-state index < -0.39 is 11.9 Å². The lowest BCUT2D eigenvalue weighted by Gasteiger charge is -2.24. The largest absolute Gasteiger partial charge is 0.481 e. The number of carbonyl (C=O) groups excluding carboxylic acids is 1. The molecule has 6 heteroatoms. The third kappa shape index (κ3) is 3.07. The molecule has 1 aliphatic rings. The highest BCUT2D eigenvalue weighted by Crippen LogP contribution is 2.24. The maximum atomic E-state index is 12.2. The SMILES string of the molecule is C[C@@H]1CN(C(=O)N(C)Cc2ccsc2)C[C@H]1C(=O)O. The molecule has 2 heterocycles. The summed E-state index contributed by atoms with van der Waals surface area (Å²) in [6.45, 7) is 3.27. The predicted octanol–water partition coefficient (Wildman–Crippen LogP) is 1.95. The number of carboxylic acid groups (broad SMARTS) is 1. The van der Waals surface area contributed by atoms with Crippen LogP contribution in [0.2, 0.25) is 0 Å². The summed E-state index contributed by atoms with van der Waals surface area (Å²) in [5.74, 6) is -1.25. The number of aliphatic carboxylic acids is 1. The van der Waals surface area contributed by atoms with Crippen molar-refractivity contribution in [3.63, 3.8) is 0 Å². The van der Waals surface area contributed by atoms with Crippen LogP contribution < -0.4 is 0 Å². The zero-order valence-electron chi connectivity index (χ0n) is 11.1. The van der Waals surface area contributed by atoms with E-state index in [4.69, 9.17) is 5.11 Å². The highest BCUT2D eigenvalue weighted by Gasteiger charge is 2.37. The van der Waals surface area contributed by atoms with E-state index in [0.29, 0.717) is 19.6 Å². The first-order chi connectivity index (χ1) is 8.99. The normalized spacial score (nSPS) is 22.5. The molecular formula is C13H18N2O3S. The molecule has 1 N–H and O–H groups in total. The van der Waals surface area contributed by atoms with Gasteiger partial charge in [-0.3, -0.25) is 4.79 Å². The average Bonchev–Trinajstić information content (AvgIpc) is 2.97. The topological polar surface area (TPSA) is 60.9 Å². The van der Waals surface area contributed by atoms with Gasteiger partial charge in [0.2, 0.25) is 0 Å². The van der Waals surface area contributed by atoms with Gasteiger partial charge >= 0.3 is 12.0 Å². The van der Waals surface area contributed by atoms with Crippen molar-refractivity contribution in [2.75, 3.05) is 20.1 Å². The van der Waals surface area contributed by atoms with Gasteiger partial charge in [0, 0.05) is 26.7 Å². The van der Waals surface area contributed by atoms with Crippen LogP contribution in [0.3, 0.4) is 0 Å². The maximum absolute atomic E-state index is 12.2. The molecule has 0 unspecified atom stereocenters. The van der Waals surface area contributed by atoms with Crippen molar-refractivity contribution in [3.8, 4) is 0 Å². The Kier molecular flexibility index (Phi) is 4.09. The van der Waals surface area contributed by atoms with Crippen molar-refractivity contribution >= 4 is 23.3 Å². The molecule has 1 aromatic rings. The third-order valence-electron chi connectivity index (χ3n) is 3.53. The van der Waals surface area contributed by atoms with Crippen LogP contribution in [-0.4, -0.2) is 47.0 Å². The van der Waals surface area contributed by atoms with Gasteiger partial charge in [0.15, 0.2) is 0 Å². The summed E-state index contributed by atoms with van der Waals surface area (Å²) in [6, 6.07) is 1.89. The molecule has 0 bridgehead atoms. The lowest BCUT2D eigenvalue weighted by molar-refractivity contribution is -0.142. The Morgan fingerprint density at radius 1 is 1.53 bits per heavy atom. The molecule has 1 aliphatic heterocycles. The van der Waals surface area contributed by atoms with Gasteiger partial charge in [0.1, 0.15) is 0 Å². The number of nitrogens with zero attached hydrogens (tertiary/aromatic N) is 2. The molecule has 0 aliphatic carbocycles. The van der Waals surface area contributed by atoms with Crippen LogP contribution in [0.25, 0.3) is 0 Å². The summed E-state index contributed by atoms with van der Waals surface area (Å²) in [5.41, 5.74) is 1.10. The number of thiophene rings is 1. The number of likely N-dealkylation sites (tertiary alicyclic amines) is 1. The van der Waals surface area contributed by atoms with E-state index >= 15 is 0 Å². The molecule has 0 spiro atoms. The maximum Gasteiger partial charge on any atom is 0.320 e. The number of rotatable bonds is 3. The number of hydrogen-bond donors (Lipinski definition) is 1. The molecule has 1 fully saturated rings. The minimum absolute atomic E-state index is 0.0102. The van der Waals surface area contributed by atoms with Gasteiger partial charge < -0.3 is 14.9 Å². The lowest BCUT2D eigenvalue weighted by atomic mass is 9.99. The van der Waals surface area contributed by atoms with E-state index in [9.17, 15) is 9.59 Å². The van der Waals surface area contributed by atoms with Crippen molar-refractivity contribution in [1.29, 1.82) is 0 Å². The molecule has 1 saturated heterocycles. The van der Waals surface area contributed by atoms with Crippen molar-refractivity contribution in [2.24, 2.45) is 11.8 Å². The Morgan fingerprint density at radius 2 is 2.26 bits per heavy atom. The molecule has 0 radical (unpaired) electrons. The highest BCUT2D eigenvalue weighted by molar-refractivity contribution is 7.07. The lowest BCUT2D eigenvalue weighted by Crippen LogP contribution is -2.39. The molecule has 2 atom stereocenters. The van der Waals surface area contributed by atoms with Crippen LogP contribution in [0.4, 0.5) is 4.79 Å². The fourth-order valence-electron chi connectivity index (χ4n) is 2.41. The summed E-state index contributed by atoms with van der Waals surface area (Å²) in [7, 11) is 1.75. The van der Waals surface area contributed by atoms with Gasteiger partial charge in [0.25, 0.3) is 0 Å². The average molecular weight is 282 g/mol. The Morgan fingerprint density at radius 3 is 2.79 bits per heavy atom. The fraction of sp³-hybridized carbons (Fsp3) is 0.538. The number of carboxylic acids is 1. The number of urea groups is 1. The molecular weight excluding hydrogens is 264 g/mol. The van der Waals surface area contributed by atoms with E-state index in [2.05, 4.69) is 0 Å². The molecule has 0 aromatic carbocycles. The van der Waals surface area contributed by atoms with Gasteiger partial charge in [0.05, 0.1) is 5.92 Å². The third-order valence-corrected chi connectivity index (χ3v) is 4.26. The molecule has 104 valence electrons. The summed E-state index contributed by atoms with van der Waals surface area (Å²) in [5, 5.41) is 13.1. The molecule has 2 amide bonds. The first-order valence-corrected chi connectivity index (χ1v) is 7.17. The predicted molar refractivity (Wildman–Crippen MR) is 73.0 cm³/mol. The Hall–Kier alpha value is -1.56. The van der Waals surface area contributed by atoms with Gasteiger partial charge in [-0.05, 0) is 28.3 Å². The fourth-order valence-corrected chi connectivity index (χ4v) is 3.07. The van der Waals surface area contributed by atoms with Crippen LogP contribution in [0.5, 0.6) is 0 Å². The van der Waals surface area contributed by atoms with Crippen LogP contribution in [0.1, 0.15) is 12.5 Å². The Bertz CT molecular complexity index is 460. The summed E-state index contributed by atoms with van der Waals surface area (Å²) in [6.07, 6.45) is 0. The zero-order chi connectivity index (χ0) is 14.0. The van der Waals surface area contributed by atoms with Crippen molar-refractivity contribution < 1.29 is 14.7 Å². The van der Waals surface area contributed by atoms with Crippen molar-refractivity contribution in [2.45, 2.75) is 13.5 Å². The van der Waals surface area contributed by atoms with Crippen molar-refractivity contribution in [3.05, 3.63) is 22.4 Å². The highest BCUT2D eigenvalue weighted by atomic mass is 32.1. The molecule has 5 nitrogen and oxygen atoms in total. The van der Waals surface area contributed by atoms with Crippen molar-refractivity contribution in [1.82, 2.24) is 9.80 Å². The van der Waals surface area contributed by atoms with Crippen LogP contribution in [0, 0.1) is 11.8 Å². The monoisotopic (exact) mass is 282 g/mol. The standard InChI is InChI=1S/C13H18N2O3S/c1-9-5-15(7-11(9)12(16)17)13(18)14(2)6-10-3-4-19-8-10/h3-4,8-9,11H,5-7H2,1-2H3,(H,16,17)/t9-,11-/m1/s1. The van der Waals surface area contributed by atoms with Gasteiger partial charge in [-0.15, -0.1) is 0 Å². The molecule has 0 saturated carbocycles. The first-order valence-electron chi connectivity index (χ1n) is 6.23. The van der Waals surface area contributed by atoms with E-state index in [1.807, 2.05) is 23.8 Å². The van der Waals surface area contributed by atoms with Gasteiger partial charge in [-0.25, -0.2) is 4.79 Å². The summed E-state index contributed by atoms with van der Waals surface area (Å²) >= 11 is 1.60. The van der Waals surface area contributed by atoms with E-state index in [-0.39, 0.29) is 11.9 Å². The molecule has 1 aromatic heterocycles. The number of hydrogen-bond acceptors (Lipinski definition) is 3. The zero-order valence-corrected chi connectivity index (χ0v) is 11.9. The summed E-state index contributed by atoms with van der Waals surface area (Å²) < 4.78 is 0. The second-order valence-corrected chi connectivity index (χ2v) is 5.88. The second-order valence-electron chi connectivity index (χ2n) is 5.10. The first kappa shape index (κ1) is 13.9. The Labute approximate surface area is 116 Å². The minimum Gasteiger partial charge on any atom is -0.481 e. The number of amides is 2. The quantitative estimate of drug-likeness (QED) is 0.921. The summed E-state index contributed by atoms with van der Waals surface area (Å²) in [4.78, 5) is 26.6. The van der Waals surface area contributed by atoms with E-state index in [0.717, 1.165) is 5.56 Å². The van der Waals surface area contributed by atoms with Gasteiger partial charge in [-0.2, -0.15) is 11.3 Å². The second kappa shape index (κ2) is 5.61. The molecule has 19 heavy (non-hydrogen) atoms. The van der Waals surface area contributed by atoms with E-state index in [1.165, 1.54) is 0 Å². The Balaban J connectivity index is 1.95. The van der Waals surface area contributed by atoms with Crippen LogP contribution in [-0.2, 0) is 11.3 Å². The van der Waals surface area contributed by atoms with E-state index in [1.54, 1.807) is 28.2 Å². The van der Waals surface area contributed by atoms with Crippen LogP contribution >= 0.6 is 11.3 Å². The molecule has 2 rings (SSSR count).